The van der Waals surface area contributed by atoms with Gasteiger partial charge in [0.2, 0.25) is 5.91 Å². The van der Waals surface area contributed by atoms with E-state index < -0.39 is 49.5 Å². The molecule has 344 valence electrons. The van der Waals surface area contributed by atoms with Gasteiger partial charge in [-0.25, -0.2) is 0 Å². The van der Waals surface area contributed by atoms with Crippen LogP contribution in [-0.4, -0.2) is 87.5 Å². The maximum Gasteiger partial charge on any atom is 0.220 e. The Morgan fingerprint density at radius 2 is 0.966 bits per heavy atom. The lowest BCUT2D eigenvalue weighted by Gasteiger charge is -2.40. The van der Waals surface area contributed by atoms with Gasteiger partial charge in [-0.2, -0.15) is 0 Å². The van der Waals surface area contributed by atoms with Crippen molar-refractivity contribution in [3.63, 3.8) is 0 Å². The van der Waals surface area contributed by atoms with Gasteiger partial charge in [-0.05, 0) is 38.5 Å². The van der Waals surface area contributed by atoms with Crippen LogP contribution in [0.2, 0.25) is 0 Å². The number of aliphatic hydroxyl groups excluding tert-OH is 5. The molecule has 58 heavy (non-hydrogen) atoms. The second-order valence-corrected chi connectivity index (χ2v) is 17.6. The van der Waals surface area contributed by atoms with Gasteiger partial charge in [0.05, 0.1) is 25.4 Å². The molecule has 6 N–H and O–H groups in total. The molecule has 0 saturated carbocycles. The smallest absolute Gasteiger partial charge is 0.220 e. The average Bonchev–Trinajstić information content (AvgIpc) is 3.22. The lowest BCUT2D eigenvalue weighted by molar-refractivity contribution is -0.302. The fourth-order valence-electron chi connectivity index (χ4n) is 8.10. The lowest BCUT2D eigenvalue weighted by Crippen LogP contribution is -2.60. The maximum absolute atomic E-state index is 13.0. The van der Waals surface area contributed by atoms with Crippen molar-refractivity contribution in [1.29, 1.82) is 0 Å². The van der Waals surface area contributed by atoms with Crippen LogP contribution in [-0.2, 0) is 14.3 Å². The summed E-state index contributed by atoms with van der Waals surface area (Å²) in [5, 5.41) is 54.4. The zero-order valence-corrected chi connectivity index (χ0v) is 37.8. The van der Waals surface area contributed by atoms with Crippen molar-refractivity contribution >= 4 is 5.91 Å². The minimum Gasteiger partial charge on any atom is -0.394 e. The van der Waals surface area contributed by atoms with Crippen LogP contribution < -0.4 is 5.32 Å². The molecule has 7 unspecified atom stereocenters. The molecular weight excluding hydrogens is 731 g/mol. The summed E-state index contributed by atoms with van der Waals surface area (Å²) < 4.78 is 11.3. The number of ether oxygens (including phenoxy) is 2. The van der Waals surface area contributed by atoms with E-state index in [4.69, 9.17) is 9.47 Å². The van der Waals surface area contributed by atoms with Gasteiger partial charge in [0.15, 0.2) is 6.29 Å². The molecule has 1 aliphatic heterocycles. The van der Waals surface area contributed by atoms with Crippen molar-refractivity contribution in [1.82, 2.24) is 5.32 Å². The van der Waals surface area contributed by atoms with Crippen molar-refractivity contribution < 1.29 is 39.8 Å². The number of hydrogen-bond donors (Lipinski definition) is 6. The summed E-state index contributed by atoms with van der Waals surface area (Å²) in [6, 6.07) is -0.716. The molecule has 0 spiro atoms. The second kappa shape index (κ2) is 40.0. The number of nitrogens with one attached hydrogen (secondary N) is 1. The zero-order valence-electron chi connectivity index (χ0n) is 37.8. The van der Waals surface area contributed by atoms with Crippen LogP contribution in [0.15, 0.2) is 12.2 Å². The molecule has 0 aromatic rings. The SMILES string of the molecule is CCCCCCCCCC/C=C\CCCCCCCCCCCC(=O)NC(COC1OC(CO)C(O)C(O)C1O)C(O)CCCCCCCCCCCCCCCC. The molecule has 1 aliphatic rings. The summed E-state index contributed by atoms with van der Waals surface area (Å²) >= 11 is 0. The average molecular weight is 826 g/mol. The summed E-state index contributed by atoms with van der Waals surface area (Å²) in [5.41, 5.74) is 0. The van der Waals surface area contributed by atoms with Gasteiger partial charge in [-0.1, -0.05) is 206 Å². The number of carbonyl (C=O) groups is 1. The van der Waals surface area contributed by atoms with Crippen molar-refractivity contribution in [3.05, 3.63) is 12.2 Å². The highest BCUT2D eigenvalue weighted by Crippen LogP contribution is 2.23. The van der Waals surface area contributed by atoms with Crippen LogP contribution in [0, 0.1) is 0 Å². The van der Waals surface area contributed by atoms with E-state index in [1.807, 2.05) is 0 Å². The van der Waals surface area contributed by atoms with Crippen LogP contribution in [0.4, 0.5) is 0 Å². The Labute approximate surface area is 356 Å². The molecule has 0 aromatic carbocycles. The van der Waals surface area contributed by atoms with E-state index in [-0.39, 0.29) is 12.5 Å². The number of rotatable bonds is 42. The molecule has 0 bridgehead atoms. The highest BCUT2D eigenvalue weighted by Gasteiger charge is 2.44. The van der Waals surface area contributed by atoms with Crippen LogP contribution >= 0.6 is 0 Å². The minimum atomic E-state index is -1.55. The van der Waals surface area contributed by atoms with Crippen LogP contribution in [0.5, 0.6) is 0 Å². The molecule has 1 rings (SSSR count). The van der Waals surface area contributed by atoms with Crippen molar-refractivity contribution in [2.24, 2.45) is 0 Å². The van der Waals surface area contributed by atoms with E-state index in [0.717, 1.165) is 38.5 Å². The van der Waals surface area contributed by atoms with E-state index in [9.17, 15) is 30.3 Å². The Morgan fingerprint density at radius 3 is 1.40 bits per heavy atom. The quantitative estimate of drug-likeness (QED) is 0.0263. The minimum absolute atomic E-state index is 0.135. The summed E-state index contributed by atoms with van der Waals surface area (Å²) in [6.07, 6.45) is 39.3. The lowest BCUT2D eigenvalue weighted by atomic mass is 9.99. The third kappa shape index (κ3) is 30.0. The molecule has 1 amide bonds. The first-order valence-corrected chi connectivity index (χ1v) is 24.9. The summed E-state index contributed by atoms with van der Waals surface area (Å²) in [4.78, 5) is 13.0. The molecule has 7 atom stereocenters. The largest absolute Gasteiger partial charge is 0.394 e. The molecule has 9 heteroatoms. The number of aliphatic hydroxyl groups is 5. The number of amides is 1. The van der Waals surface area contributed by atoms with Crippen molar-refractivity contribution in [2.45, 2.75) is 281 Å². The number of unbranched alkanes of at least 4 members (excludes halogenated alkanes) is 30. The van der Waals surface area contributed by atoms with Gasteiger partial charge in [-0.3, -0.25) is 4.79 Å². The van der Waals surface area contributed by atoms with E-state index in [1.165, 1.54) is 173 Å². The van der Waals surface area contributed by atoms with Gasteiger partial charge in [0.25, 0.3) is 0 Å². The molecule has 0 aliphatic carbocycles. The molecule has 1 heterocycles. The Balaban J connectivity index is 2.26. The number of hydrogen-bond acceptors (Lipinski definition) is 8. The molecule has 1 saturated heterocycles. The van der Waals surface area contributed by atoms with Gasteiger partial charge in [0.1, 0.15) is 24.4 Å². The molecule has 9 nitrogen and oxygen atoms in total. The normalized spacial score (nSPS) is 20.8. The molecular formula is C49H95NO8. The first kappa shape index (κ1) is 54.9. The van der Waals surface area contributed by atoms with Crippen LogP contribution in [0.3, 0.4) is 0 Å². The first-order valence-electron chi connectivity index (χ1n) is 24.9. The summed E-state index contributed by atoms with van der Waals surface area (Å²) in [6.45, 7) is 3.85. The third-order valence-corrected chi connectivity index (χ3v) is 12.1. The van der Waals surface area contributed by atoms with Crippen molar-refractivity contribution in [2.75, 3.05) is 13.2 Å². The molecule has 0 aromatic heterocycles. The molecule has 1 fully saturated rings. The predicted molar refractivity (Wildman–Crippen MR) is 240 cm³/mol. The third-order valence-electron chi connectivity index (χ3n) is 12.1. The van der Waals surface area contributed by atoms with Crippen LogP contribution in [0.25, 0.3) is 0 Å². The highest BCUT2D eigenvalue weighted by molar-refractivity contribution is 5.76. The van der Waals surface area contributed by atoms with Gasteiger partial charge in [-0.15, -0.1) is 0 Å². The van der Waals surface area contributed by atoms with E-state index >= 15 is 0 Å². The van der Waals surface area contributed by atoms with E-state index in [2.05, 4.69) is 31.3 Å². The Kier molecular flexibility index (Phi) is 37.9. The van der Waals surface area contributed by atoms with Gasteiger partial charge >= 0.3 is 0 Å². The first-order chi connectivity index (χ1) is 28.3. The fraction of sp³-hybridized carbons (Fsp3) is 0.939. The summed E-state index contributed by atoms with van der Waals surface area (Å²) in [5.74, 6) is -0.144. The fourth-order valence-corrected chi connectivity index (χ4v) is 8.10. The van der Waals surface area contributed by atoms with E-state index in [1.54, 1.807) is 0 Å². The Bertz CT molecular complexity index is 919. The number of carbonyl (C=O) groups excluding carboxylic acids is 1. The zero-order chi connectivity index (χ0) is 42.3. The topological polar surface area (TPSA) is 149 Å². The predicted octanol–water partition coefficient (Wildman–Crippen LogP) is 10.9. The Morgan fingerprint density at radius 1 is 0.569 bits per heavy atom. The van der Waals surface area contributed by atoms with Gasteiger partial charge in [0, 0.05) is 6.42 Å². The monoisotopic (exact) mass is 826 g/mol. The number of allylic oxidation sites excluding steroid dienone is 2. The standard InChI is InChI=1S/C49H95NO8/c1-3-5-7-9-11-13-15-17-19-20-21-22-23-24-25-27-29-31-33-35-37-39-45(53)50-42(41-57-49-48(56)47(55)46(54)44(40-51)58-49)43(52)38-36-34-32-30-28-26-18-16-14-12-10-8-6-4-2/h20-21,42-44,46-49,51-52,54-56H,3-19,22-41H2,1-2H3,(H,50,53)/b21-20-. The maximum atomic E-state index is 13.0. The van der Waals surface area contributed by atoms with Gasteiger partial charge < -0.3 is 40.3 Å². The second-order valence-electron chi connectivity index (χ2n) is 17.6. The van der Waals surface area contributed by atoms with Crippen LogP contribution in [0.1, 0.15) is 239 Å². The molecule has 0 radical (unpaired) electrons. The van der Waals surface area contributed by atoms with E-state index in [0.29, 0.717) is 12.8 Å². The highest BCUT2D eigenvalue weighted by atomic mass is 16.7. The van der Waals surface area contributed by atoms with Crippen molar-refractivity contribution in [3.8, 4) is 0 Å². The Hall–Kier alpha value is -1.07. The summed E-state index contributed by atoms with van der Waals surface area (Å²) in [7, 11) is 0.